The number of nitrogens with zero attached hydrogens (tertiary/aromatic N) is 1. The van der Waals surface area contributed by atoms with E-state index in [4.69, 9.17) is 10.5 Å². The van der Waals surface area contributed by atoms with Crippen molar-refractivity contribution in [1.82, 2.24) is 0 Å². The first-order chi connectivity index (χ1) is 10.4. The van der Waals surface area contributed by atoms with E-state index < -0.39 is 5.60 Å². The summed E-state index contributed by atoms with van der Waals surface area (Å²) in [6.45, 7) is 9.94. The summed E-state index contributed by atoms with van der Waals surface area (Å²) in [6.07, 6.45) is 4.89. The van der Waals surface area contributed by atoms with Crippen LogP contribution in [0.1, 0.15) is 51.6 Å². The van der Waals surface area contributed by atoms with E-state index in [0.29, 0.717) is 6.54 Å². The van der Waals surface area contributed by atoms with Gasteiger partial charge in [0.15, 0.2) is 5.60 Å². The van der Waals surface area contributed by atoms with Crippen molar-refractivity contribution in [3.8, 4) is 5.75 Å². The predicted octanol–water partition coefficient (Wildman–Crippen LogP) is 3.57. The molecule has 1 atom stereocenters. The Kier molecular flexibility index (Phi) is 4.91. The summed E-state index contributed by atoms with van der Waals surface area (Å²) in [6, 6.07) is 5.88. The van der Waals surface area contributed by atoms with Gasteiger partial charge in [-0.15, -0.1) is 6.58 Å². The molecule has 1 aromatic carbocycles. The molecule has 4 nitrogen and oxygen atoms in total. The van der Waals surface area contributed by atoms with E-state index in [1.54, 1.807) is 24.8 Å². The van der Waals surface area contributed by atoms with E-state index in [-0.39, 0.29) is 11.9 Å². The van der Waals surface area contributed by atoms with Crippen LogP contribution in [0.5, 0.6) is 5.75 Å². The van der Waals surface area contributed by atoms with Gasteiger partial charge in [-0.05, 0) is 38.0 Å². The lowest BCUT2D eigenvalue weighted by Crippen LogP contribution is -2.52. The van der Waals surface area contributed by atoms with E-state index in [1.807, 2.05) is 18.2 Å². The van der Waals surface area contributed by atoms with Gasteiger partial charge in [0.2, 0.25) is 0 Å². The van der Waals surface area contributed by atoms with Crippen LogP contribution in [0.25, 0.3) is 0 Å². The summed E-state index contributed by atoms with van der Waals surface area (Å²) in [5, 5.41) is 0. The molecule has 120 valence electrons. The maximum absolute atomic E-state index is 12.6. The Labute approximate surface area is 132 Å². The molecule has 2 N–H and O–H groups in total. The zero-order valence-corrected chi connectivity index (χ0v) is 13.8. The second kappa shape index (κ2) is 6.53. The maximum Gasteiger partial charge on any atom is 0.270 e. The fourth-order valence-electron chi connectivity index (χ4n) is 2.72. The zero-order valence-electron chi connectivity index (χ0n) is 13.8. The first-order valence-electron chi connectivity index (χ1n) is 7.92. The van der Waals surface area contributed by atoms with Gasteiger partial charge in [-0.25, -0.2) is 0 Å². The number of fused-ring (bicyclic) bond motifs is 1. The van der Waals surface area contributed by atoms with Crippen LogP contribution in [0.4, 0.5) is 5.69 Å². The number of carbonyl (C=O) groups is 1. The number of anilines is 1. The van der Waals surface area contributed by atoms with Gasteiger partial charge in [0.05, 0.1) is 5.69 Å². The number of amides is 1. The predicted molar refractivity (Wildman–Crippen MR) is 90.2 cm³/mol. The minimum absolute atomic E-state index is 0.0131. The second-order valence-corrected chi connectivity index (χ2v) is 6.29. The number of benzene rings is 1. The van der Waals surface area contributed by atoms with Crippen molar-refractivity contribution in [3.05, 3.63) is 36.4 Å². The lowest BCUT2D eigenvalue weighted by molar-refractivity contribution is -0.132. The van der Waals surface area contributed by atoms with Crippen molar-refractivity contribution >= 4 is 11.6 Å². The first kappa shape index (κ1) is 16.6. The van der Waals surface area contributed by atoms with Gasteiger partial charge in [0.1, 0.15) is 5.75 Å². The molecule has 1 heterocycles. The highest BCUT2D eigenvalue weighted by molar-refractivity contribution is 6.02. The van der Waals surface area contributed by atoms with Crippen LogP contribution in [-0.4, -0.2) is 18.1 Å². The molecule has 0 aromatic heterocycles. The average molecular weight is 302 g/mol. The van der Waals surface area contributed by atoms with E-state index in [2.05, 4.69) is 13.5 Å². The van der Waals surface area contributed by atoms with Crippen LogP contribution in [0.3, 0.4) is 0 Å². The molecule has 1 aliphatic rings. The lowest BCUT2D eigenvalue weighted by atomic mass is 9.98. The summed E-state index contributed by atoms with van der Waals surface area (Å²) in [4.78, 5) is 14.3. The molecule has 0 saturated carbocycles. The normalized spacial score (nSPS) is 17.6. The minimum Gasteiger partial charge on any atom is -0.476 e. The Morgan fingerprint density at radius 3 is 2.82 bits per heavy atom. The smallest absolute Gasteiger partial charge is 0.270 e. The Morgan fingerprint density at radius 1 is 1.45 bits per heavy atom. The Morgan fingerprint density at radius 2 is 2.18 bits per heavy atom. The Balaban J connectivity index is 2.37. The van der Waals surface area contributed by atoms with E-state index in [1.165, 1.54) is 0 Å². The van der Waals surface area contributed by atoms with E-state index >= 15 is 0 Å². The third kappa shape index (κ3) is 3.17. The molecule has 1 unspecified atom stereocenters. The quantitative estimate of drug-likeness (QED) is 0.817. The van der Waals surface area contributed by atoms with Gasteiger partial charge in [-0.2, -0.15) is 0 Å². The molecule has 0 bridgehead atoms. The van der Waals surface area contributed by atoms with Crippen molar-refractivity contribution in [2.24, 2.45) is 5.73 Å². The molecule has 1 aliphatic heterocycles. The SMILES string of the molecule is C=CCN1C(=O)C(C)(C)Oc2ccc(C(N)CCCC)cc21. The molecule has 4 heteroatoms. The summed E-state index contributed by atoms with van der Waals surface area (Å²) >= 11 is 0. The fourth-order valence-corrected chi connectivity index (χ4v) is 2.72. The zero-order chi connectivity index (χ0) is 16.3. The molecule has 0 fully saturated rings. The van der Waals surface area contributed by atoms with Crippen molar-refractivity contribution < 1.29 is 9.53 Å². The van der Waals surface area contributed by atoms with Gasteiger partial charge < -0.3 is 15.4 Å². The van der Waals surface area contributed by atoms with Crippen molar-refractivity contribution in [2.75, 3.05) is 11.4 Å². The molecule has 1 amide bonds. The van der Waals surface area contributed by atoms with Crippen LogP contribution < -0.4 is 15.4 Å². The summed E-state index contributed by atoms with van der Waals surface area (Å²) in [5.41, 5.74) is 7.22. The molecule has 0 saturated heterocycles. The van der Waals surface area contributed by atoms with Gasteiger partial charge in [-0.1, -0.05) is 31.9 Å². The number of ether oxygens (including phenoxy) is 1. The highest BCUT2D eigenvalue weighted by Crippen LogP contribution is 2.39. The monoisotopic (exact) mass is 302 g/mol. The van der Waals surface area contributed by atoms with Crippen LogP contribution in [0.15, 0.2) is 30.9 Å². The summed E-state index contributed by atoms with van der Waals surface area (Å²) in [7, 11) is 0. The number of hydrogen-bond acceptors (Lipinski definition) is 3. The minimum atomic E-state index is -0.859. The van der Waals surface area contributed by atoms with E-state index in [9.17, 15) is 4.79 Å². The van der Waals surface area contributed by atoms with Crippen LogP contribution in [0, 0.1) is 0 Å². The lowest BCUT2D eigenvalue weighted by Gasteiger charge is -2.38. The largest absolute Gasteiger partial charge is 0.476 e. The van der Waals surface area contributed by atoms with Gasteiger partial charge >= 0.3 is 0 Å². The highest BCUT2D eigenvalue weighted by Gasteiger charge is 2.40. The van der Waals surface area contributed by atoms with Gasteiger partial charge in [0.25, 0.3) is 5.91 Å². The molecule has 0 aliphatic carbocycles. The molecular weight excluding hydrogens is 276 g/mol. The third-order valence-corrected chi connectivity index (χ3v) is 4.01. The van der Waals surface area contributed by atoms with E-state index in [0.717, 1.165) is 36.3 Å². The van der Waals surface area contributed by atoms with Crippen LogP contribution in [-0.2, 0) is 4.79 Å². The maximum atomic E-state index is 12.6. The summed E-state index contributed by atoms with van der Waals surface area (Å²) < 4.78 is 5.86. The molecule has 2 rings (SSSR count). The number of hydrogen-bond donors (Lipinski definition) is 1. The van der Waals surface area contributed by atoms with Crippen molar-refractivity contribution in [1.29, 1.82) is 0 Å². The fraction of sp³-hybridized carbons (Fsp3) is 0.500. The topological polar surface area (TPSA) is 55.6 Å². The number of carbonyl (C=O) groups excluding carboxylic acids is 1. The molecule has 1 aromatic rings. The Hall–Kier alpha value is -1.81. The highest BCUT2D eigenvalue weighted by atomic mass is 16.5. The molecule has 0 spiro atoms. The Bertz CT molecular complexity index is 566. The summed E-state index contributed by atoms with van der Waals surface area (Å²) in [5.74, 6) is 0.664. The number of nitrogens with two attached hydrogens (primary N) is 1. The standard InChI is InChI=1S/C18H26N2O2/c1-5-7-8-14(19)13-9-10-16-15(12-13)20(11-6-2)17(21)18(3,4)22-16/h6,9-10,12,14H,2,5,7-8,11,19H2,1,3-4H3. The molecule has 0 radical (unpaired) electrons. The molecular formula is C18H26N2O2. The van der Waals surface area contributed by atoms with Crippen LogP contribution >= 0.6 is 0 Å². The van der Waals surface area contributed by atoms with Crippen molar-refractivity contribution in [2.45, 2.75) is 51.7 Å². The number of rotatable bonds is 6. The molecule has 22 heavy (non-hydrogen) atoms. The van der Waals surface area contributed by atoms with Gasteiger partial charge in [0, 0.05) is 12.6 Å². The number of unbranched alkanes of at least 4 members (excludes halogenated alkanes) is 1. The average Bonchev–Trinajstić information content (AvgIpc) is 2.49. The second-order valence-electron chi connectivity index (χ2n) is 6.29. The first-order valence-corrected chi connectivity index (χ1v) is 7.92. The van der Waals surface area contributed by atoms with Crippen LogP contribution in [0.2, 0.25) is 0 Å². The van der Waals surface area contributed by atoms with Crippen molar-refractivity contribution in [3.63, 3.8) is 0 Å². The van der Waals surface area contributed by atoms with Gasteiger partial charge in [-0.3, -0.25) is 4.79 Å². The third-order valence-electron chi connectivity index (χ3n) is 4.01.